The van der Waals surface area contributed by atoms with Crippen molar-refractivity contribution in [3.8, 4) is 0 Å². The standard InChI is InChI=1S/C23H23NO6/c1-14-9-15(2)11-16(10-14)21(25)17-7-5-6-8-19(17)24-13-30-12-18(22(26)28-3)20(24)23(27)29-4/h5-11H,12-13H2,1-4H3. The SMILES string of the molecule is COC(=O)C1=C(C(=O)OC)N(c2ccccc2C(=O)c2cc(C)cc(C)c2)COC1. The number of hydrogen-bond acceptors (Lipinski definition) is 7. The molecule has 0 N–H and O–H groups in total. The van der Waals surface area contributed by atoms with Crippen LogP contribution in [0.4, 0.5) is 5.69 Å². The number of methoxy groups -OCH3 is 2. The number of ether oxygens (including phenoxy) is 3. The Morgan fingerprint density at radius 3 is 2.20 bits per heavy atom. The fraction of sp³-hybridized carbons (Fsp3) is 0.261. The first-order valence-corrected chi connectivity index (χ1v) is 9.34. The lowest BCUT2D eigenvalue weighted by atomic mass is 9.97. The molecule has 0 saturated carbocycles. The summed E-state index contributed by atoms with van der Waals surface area (Å²) >= 11 is 0. The van der Waals surface area contributed by atoms with E-state index in [1.165, 1.54) is 19.1 Å². The number of anilines is 1. The normalized spacial score (nSPS) is 13.8. The molecule has 0 fully saturated rings. The summed E-state index contributed by atoms with van der Waals surface area (Å²) < 4.78 is 15.2. The minimum absolute atomic E-state index is 0.00345. The van der Waals surface area contributed by atoms with Crippen LogP contribution in [0.1, 0.15) is 27.0 Å². The number of hydrogen-bond donors (Lipinski definition) is 0. The Hall–Kier alpha value is -3.45. The van der Waals surface area contributed by atoms with Crippen LogP contribution in [0.25, 0.3) is 0 Å². The minimum atomic E-state index is -0.715. The Bertz CT molecular complexity index is 1020. The van der Waals surface area contributed by atoms with Crippen molar-refractivity contribution in [2.24, 2.45) is 0 Å². The third-order valence-corrected chi connectivity index (χ3v) is 4.76. The summed E-state index contributed by atoms with van der Waals surface area (Å²) in [5.74, 6) is -1.61. The van der Waals surface area contributed by atoms with Gasteiger partial charge >= 0.3 is 11.9 Å². The number of esters is 2. The molecule has 1 aliphatic heterocycles. The van der Waals surface area contributed by atoms with Crippen LogP contribution in [-0.4, -0.2) is 45.3 Å². The second kappa shape index (κ2) is 8.92. The summed E-state index contributed by atoms with van der Waals surface area (Å²) in [6.07, 6.45) is 0. The number of rotatable bonds is 5. The Morgan fingerprint density at radius 1 is 0.933 bits per heavy atom. The molecule has 0 aliphatic carbocycles. The van der Waals surface area contributed by atoms with Crippen molar-refractivity contribution in [3.63, 3.8) is 0 Å². The van der Waals surface area contributed by atoms with E-state index in [9.17, 15) is 14.4 Å². The summed E-state index contributed by atoms with van der Waals surface area (Å²) in [7, 11) is 2.45. The van der Waals surface area contributed by atoms with Gasteiger partial charge in [-0.15, -0.1) is 0 Å². The van der Waals surface area contributed by atoms with Gasteiger partial charge in [-0.3, -0.25) is 4.79 Å². The van der Waals surface area contributed by atoms with Gasteiger partial charge in [-0.1, -0.05) is 29.3 Å². The molecule has 30 heavy (non-hydrogen) atoms. The van der Waals surface area contributed by atoms with Gasteiger partial charge < -0.3 is 19.1 Å². The van der Waals surface area contributed by atoms with Crippen molar-refractivity contribution in [1.82, 2.24) is 0 Å². The molecule has 0 spiro atoms. The van der Waals surface area contributed by atoms with E-state index in [0.717, 1.165) is 11.1 Å². The fourth-order valence-electron chi connectivity index (χ4n) is 3.50. The van der Waals surface area contributed by atoms with Crippen molar-refractivity contribution in [1.29, 1.82) is 0 Å². The van der Waals surface area contributed by atoms with Gasteiger partial charge in [-0.25, -0.2) is 9.59 Å². The second-order valence-corrected chi connectivity index (χ2v) is 6.94. The zero-order chi connectivity index (χ0) is 21.8. The summed E-state index contributed by atoms with van der Waals surface area (Å²) in [6, 6.07) is 12.5. The first-order chi connectivity index (χ1) is 14.4. The molecule has 3 rings (SSSR count). The number of carbonyl (C=O) groups excluding carboxylic acids is 3. The highest BCUT2D eigenvalue weighted by Crippen LogP contribution is 2.31. The summed E-state index contributed by atoms with van der Waals surface area (Å²) in [6.45, 7) is 3.73. The van der Waals surface area contributed by atoms with Crippen LogP contribution in [0.15, 0.2) is 53.7 Å². The Labute approximate surface area is 174 Å². The fourth-order valence-corrected chi connectivity index (χ4v) is 3.50. The van der Waals surface area contributed by atoms with Gasteiger partial charge in [0.15, 0.2) is 5.78 Å². The summed E-state index contributed by atoms with van der Waals surface area (Å²) in [5.41, 5.74) is 3.32. The molecule has 0 amide bonds. The van der Waals surface area contributed by atoms with E-state index < -0.39 is 11.9 Å². The maximum atomic E-state index is 13.3. The zero-order valence-corrected chi connectivity index (χ0v) is 17.4. The van der Waals surface area contributed by atoms with E-state index in [2.05, 4.69) is 0 Å². The molecular formula is C23H23NO6. The van der Waals surface area contributed by atoms with Crippen LogP contribution in [0.3, 0.4) is 0 Å². The van der Waals surface area contributed by atoms with Crippen LogP contribution < -0.4 is 4.90 Å². The number of benzene rings is 2. The first kappa shape index (κ1) is 21.3. The van der Waals surface area contributed by atoms with Crippen molar-refractivity contribution in [2.45, 2.75) is 13.8 Å². The zero-order valence-electron chi connectivity index (χ0n) is 17.4. The molecule has 1 aliphatic rings. The Kier molecular flexibility index (Phi) is 6.32. The van der Waals surface area contributed by atoms with Crippen LogP contribution in [0.2, 0.25) is 0 Å². The number of aryl methyl sites for hydroxylation is 2. The molecule has 0 unspecified atom stereocenters. The molecule has 7 heteroatoms. The molecule has 0 saturated heterocycles. The minimum Gasteiger partial charge on any atom is -0.466 e. The highest BCUT2D eigenvalue weighted by molar-refractivity contribution is 6.13. The first-order valence-electron chi connectivity index (χ1n) is 9.34. The third-order valence-electron chi connectivity index (χ3n) is 4.76. The maximum absolute atomic E-state index is 13.3. The highest BCUT2D eigenvalue weighted by atomic mass is 16.5. The topological polar surface area (TPSA) is 82.1 Å². The number of carbonyl (C=O) groups is 3. The van der Waals surface area contributed by atoms with Crippen molar-refractivity contribution in [2.75, 3.05) is 32.5 Å². The predicted molar refractivity (Wildman–Crippen MR) is 110 cm³/mol. The number of para-hydroxylation sites is 1. The predicted octanol–water partition coefficient (Wildman–Crippen LogP) is 2.93. The van der Waals surface area contributed by atoms with Crippen LogP contribution in [0.5, 0.6) is 0 Å². The molecule has 0 atom stereocenters. The molecule has 156 valence electrons. The van der Waals surface area contributed by atoms with Gasteiger partial charge in [0.25, 0.3) is 0 Å². The molecule has 1 heterocycles. The average molecular weight is 409 g/mol. The highest BCUT2D eigenvalue weighted by Gasteiger charge is 2.34. The van der Waals surface area contributed by atoms with E-state index in [1.54, 1.807) is 24.3 Å². The molecule has 0 radical (unpaired) electrons. The lowest BCUT2D eigenvalue weighted by molar-refractivity contribution is -0.140. The molecular weight excluding hydrogens is 386 g/mol. The summed E-state index contributed by atoms with van der Waals surface area (Å²) in [5, 5.41) is 0. The second-order valence-electron chi connectivity index (χ2n) is 6.94. The smallest absolute Gasteiger partial charge is 0.355 e. The Morgan fingerprint density at radius 2 is 1.57 bits per heavy atom. The maximum Gasteiger partial charge on any atom is 0.355 e. The molecule has 7 nitrogen and oxygen atoms in total. The van der Waals surface area contributed by atoms with Crippen molar-refractivity contribution in [3.05, 3.63) is 76.0 Å². The Balaban J connectivity index is 2.15. The third kappa shape index (κ3) is 4.11. The van der Waals surface area contributed by atoms with Gasteiger partial charge in [0.1, 0.15) is 12.4 Å². The molecule has 0 bridgehead atoms. The van der Waals surface area contributed by atoms with Crippen LogP contribution >= 0.6 is 0 Å². The van der Waals surface area contributed by atoms with Gasteiger partial charge in [-0.2, -0.15) is 0 Å². The molecule has 2 aromatic rings. The number of nitrogens with zero attached hydrogens (tertiary/aromatic N) is 1. The van der Waals surface area contributed by atoms with Gasteiger partial charge in [0.05, 0.1) is 32.1 Å². The van der Waals surface area contributed by atoms with E-state index in [4.69, 9.17) is 14.2 Å². The average Bonchev–Trinajstić information content (AvgIpc) is 2.76. The molecule has 0 aromatic heterocycles. The van der Waals surface area contributed by atoms with Crippen molar-refractivity contribution >= 4 is 23.4 Å². The van der Waals surface area contributed by atoms with Crippen molar-refractivity contribution < 1.29 is 28.6 Å². The van der Waals surface area contributed by atoms with E-state index in [1.807, 2.05) is 32.0 Å². The van der Waals surface area contributed by atoms with Crippen LogP contribution in [-0.2, 0) is 23.8 Å². The van der Waals surface area contributed by atoms with Gasteiger partial charge in [0.2, 0.25) is 0 Å². The van der Waals surface area contributed by atoms with Gasteiger partial charge in [0, 0.05) is 11.1 Å². The summed E-state index contributed by atoms with van der Waals surface area (Å²) in [4.78, 5) is 39.6. The van der Waals surface area contributed by atoms with E-state index in [0.29, 0.717) is 16.8 Å². The largest absolute Gasteiger partial charge is 0.466 e. The van der Waals surface area contributed by atoms with Gasteiger partial charge in [-0.05, 0) is 38.1 Å². The lowest BCUT2D eigenvalue weighted by Crippen LogP contribution is -2.39. The molecule has 2 aromatic carbocycles. The number of ketones is 1. The van der Waals surface area contributed by atoms with Crippen LogP contribution in [0, 0.1) is 13.8 Å². The lowest BCUT2D eigenvalue weighted by Gasteiger charge is -2.32. The van der Waals surface area contributed by atoms with E-state index >= 15 is 0 Å². The monoisotopic (exact) mass is 409 g/mol. The van der Waals surface area contributed by atoms with E-state index in [-0.39, 0.29) is 30.4 Å². The quantitative estimate of drug-likeness (QED) is 0.555.